The number of aliphatic hydroxyl groups excluding tert-OH is 1. The fraction of sp³-hybridized carbons (Fsp3) is 0.846. The van der Waals surface area contributed by atoms with Gasteiger partial charge in [0.05, 0.1) is 32.4 Å². The van der Waals surface area contributed by atoms with Crippen molar-refractivity contribution in [3.63, 3.8) is 0 Å². The summed E-state index contributed by atoms with van der Waals surface area (Å²) in [5.74, 6) is 0.136. The molecule has 0 bridgehead atoms. The zero-order chi connectivity index (χ0) is 15.0. The highest BCUT2D eigenvalue weighted by molar-refractivity contribution is 5.95. The number of morpholine rings is 1. The number of hydrogen-bond donors (Lipinski definition) is 3. The lowest BCUT2D eigenvalue weighted by Crippen LogP contribution is -2.52. The predicted molar refractivity (Wildman–Crippen MR) is 74.3 cm³/mol. The highest BCUT2D eigenvalue weighted by Gasteiger charge is 2.24. The number of nitrogens with one attached hydrogen (secondary N) is 2. The van der Waals surface area contributed by atoms with E-state index in [1.807, 2.05) is 4.90 Å². The summed E-state index contributed by atoms with van der Waals surface area (Å²) in [6.07, 6.45) is 0.873. The van der Waals surface area contributed by atoms with Crippen LogP contribution in [0.1, 0.15) is 20.3 Å². The van der Waals surface area contributed by atoms with Crippen LogP contribution in [0.3, 0.4) is 0 Å². The van der Waals surface area contributed by atoms with E-state index >= 15 is 0 Å². The quantitative estimate of drug-likeness (QED) is 0.615. The first-order valence-corrected chi connectivity index (χ1v) is 7.03. The fourth-order valence-corrected chi connectivity index (χ4v) is 1.93. The zero-order valence-electron chi connectivity index (χ0n) is 12.2. The van der Waals surface area contributed by atoms with Gasteiger partial charge in [0.15, 0.2) is 0 Å². The Bertz CT molecular complexity index is 323. The van der Waals surface area contributed by atoms with E-state index < -0.39 is 6.03 Å². The normalized spacial score (nSPS) is 19.9. The molecule has 3 N–H and O–H groups in total. The summed E-state index contributed by atoms with van der Waals surface area (Å²) >= 11 is 0. The summed E-state index contributed by atoms with van der Waals surface area (Å²) in [7, 11) is 0. The van der Waals surface area contributed by atoms with Crippen molar-refractivity contribution >= 4 is 11.9 Å². The zero-order valence-corrected chi connectivity index (χ0v) is 12.2. The van der Waals surface area contributed by atoms with Crippen LogP contribution in [0.4, 0.5) is 4.79 Å². The predicted octanol–water partition coefficient (Wildman–Crippen LogP) is -0.449. The number of amides is 3. The molecule has 0 spiro atoms. The number of nitrogens with zero attached hydrogens (tertiary/aromatic N) is 1. The van der Waals surface area contributed by atoms with Crippen molar-refractivity contribution in [2.24, 2.45) is 5.92 Å². The van der Waals surface area contributed by atoms with E-state index in [1.165, 1.54) is 0 Å². The van der Waals surface area contributed by atoms with Gasteiger partial charge in [-0.05, 0) is 12.3 Å². The second kappa shape index (κ2) is 8.89. The molecule has 7 nitrogen and oxygen atoms in total. The highest BCUT2D eigenvalue weighted by atomic mass is 16.5. The molecule has 116 valence electrons. The maximum Gasteiger partial charge on any atom is 0.321 e. The van der Waals surface area contributed by atoms with Crippen molar-refractivity contribution in [2.75, 3.05) is 39.5 Å². The van der Waals surface area contributed by atoms with Crippen LogP contribution in [-0.2, 0) is 9.53 Å². The van der Waals surface area contributed by atoms with E-state index in [2.05, 4.69) is 24.5 Å². The number of urea groups is 1. The van der Waals surface area contributed by atoms with Gasteiger partial charge in [0.25, 0.3) is 0 Å². The second-order valence-electron chi connectivity index (χ2n) is 5.37. The maximum absolute atomic E-state index is 11.7. The minimum Gasteiger partial charge on any atom is -0.395 e. The molecular weight excluding hydrogens is 262 g/mol. The molecule has 1 atom stereocenters. The van der Waals surface area contributed by atoms with Crippen molar-refractivity contribution in [2.45, 2.75) is 26.3 Å². The summed E-state index contributed by atoms with van der Waals surface area (Å²) in [6.45, 7) is 6.23. The van der Waals surface area contributed by atoms with Gasteiger partial charge in [-0.3, -0.25) is 15.0 Å². The van der Waals surface area contributed by atoms with Crippen molar-refractivity contribution in [3.05, 3.63) is 0 Å². The molecule has 0 aromatic carbocycles. The molecule has 0 aromatic rings. The molecule has 1 heterocycles. The van der Waals surface area contributed by atoms with Gasteiger partial charge < -0.3 is 15.2 Å². The molecule has 0 aromatic heterocycles. The van der Waals surface area contributed by atoms with E-state index in [-0.39, 0.29) is 25.1 Å². The van der Waals surface area contributed by atoms with Crippen LogP contribution in [0.15, 0.2) is 0 Å². The lowest BCUT2D eigenvalue weighted by molar-refractivity contribution is -0.124. The second-order valence-corrected chi connectivity index (χ2v) is 5.37. The Kier molecular flexibility index (Phi) is 7.50. The van der Waals surface area contributed by atoms with Gasteiger partial charge in [-0.25, -0.2) is 4.79 Å². The van der Waals surface area contributed by atoms with Gasteiger partial charge in [-0.2, -0.15) is 0 Å². The van der Waals surface area contributed by atoms with Gasteiger partial charge in [-0.15, -0.1) is 0 Å². The summed E-state index contributed by atoms with van der Waals surface area (Å²) < 4.78 is 5.23. The van der Waals surface area contributed by atoms with E-state index in [0.29, 0.717) is 32.2 Å². The minimum absolute atomic E-state index is 0.0616. The van der Waals surface area contributed by atoms with Gasteiger partial charge in [0, 0.05) is 13.1 Å². The molecule has 1 aliphatic rings. The third kappa shape index (κ3) is 6.31. The number of carbonyl (C=O) groups is 2. The fourth-order valence-electron chi connectivity index (χ4n) is 1.93. The molecule has 1 unspecified atom stereocenters. The molecule has 7 heteroatoms. The minimum atomic E-state index is -0.468. The van der Waals surface area contributed by atoms with Crippen LogP contribution >= 0.6 is 0 Å². The molecule has 1 fully saturated rings. The number of ether oxygens (including phenoxy) is 1. The Morgan fingerprint density at radius 3 is 2.85 bits per heavy atom. The van der Waals surface area contributed by atoms with Gasteiger partial charge in [0.1, 0.15) is 0 Å². The van der Waals surface area contributed by atoms with Crippen LogP contribution in [0.2, 0.25) is 0 Å². The Hall–Kier alpha value is -1.18. The van der Waals surface area contributed by atoms with Crippen molar-refractivity contribution in [3.8, 4) is 0 Å². The largest absolute Gasteiger partial charge is 0.395 e. The molecule has 3 amide bonds. The Labute approximate surface area is 119 Å². The third-order valence-corrected chi connectivity index (χ3v) is 3.17. The third-order valence-electron chi connectivity index (χ3n) is 3.17. The van der Waals surface area contributed by atoms with Crippen molar-refractivity contribution in [1.82, 2.24) is 15.5 Å². The average molecular weight is 287 g/mol. The number of aliphatic hydroxyl groups is 1. The summed E-state index contributed by atoms with van der Waals surface area (Å²) in [4.78, 5) is 25.1. The van der Waals surface area contributed by atoms with Gasteiger partial charge >= 0.3 is 6.03 Å². The van der Waals surface area contributed by atoms with E-state index in [9.17, 15) is 14.7 Å². The number of carbonyl (C=O) groups excluding carboxylic acids is 2. The lowest BCUT2D eigenvalue weighted by Gasteiger charge is -2.33. The van der Waals surface area contributed by atoms with Crippen molar-refractivity contribution < 1.29 is 19.4 Å². The van der Waals surface area contributed by atoms with E-state index in [4.69, 9.17) is 4.74 Å². The Balaban J connectivity index is 2.26. The average Bonchev–Trinajstić information content (AvgIpc) is 2.38. The van der Waals surface area contributed by atoms with Crippen LogP contribution in [0.25, 0.3) is 0 Å². The van der Waals surface area contributed by atoms with Gasteiger partial charge in [-0.1, -0.05) is 13.8 Å². The first-order valence-electron chi connectivity index (χ1n) is 7.03. The summed E-state index contributed by atoms with van der Waals surface area (Å²) in [5.41, 5.74) is 0. The SMILES string of the molecule is CC(C)CCNC(=O)NC(=O)CN1CCOCC1CO. The van der Waals surface area contributed by atoms with Crippen LogP contribution in [-0.4, -0.2) is 67.4 Å². The number of imide groups is 1. The molecule has 20 heavy (non-hydrogen) atoms. The highest BCUT2D eigenvalue weighted by Crippen LogP contribution is 2.05. The molecular formula is C13H25N3O4. The molecule has 0 saturated carbocycles. The smallest absolute Gasteiger partial charge is 0.321 e. The van der Waals surface area contributed by atoms with Crippen molar-refractivity contribution in [1.29, 1.82) is 0 Å². The monoisotopic (exact) mass is 287 g/mol. The van der Waals surface area contributed by atoms with E-state index in [1.54, 1.807) is 0 Å². The topological polar surface area (TPSA) is 90.9 Å². The molecule has 0 radical (unpaired) electrons. The van der Waals surface area contributed by atoms with Crippen LogP contribution in [0.5, 0.6) is 0 Å². The summed E-state index contributed by atoms with van der Waals surface area (Å²) in [6, 6.07) is -0.650. The lowest BCUT2D eigenvalue weighted by atomic mass is 10.1. The number of hydrogen-bond acceptors (Lipinski definition) is 5. The standard InChI is InChI=1S/C13H25N3O4/c1-10(2)3-4-14-13(19)15-12(18)7-16-5-6-20-9-11(16)8-17/h10-11,17H,3-9H2,1-2H3,(H2,14,15,18,19). The number of rotatable bonds is 6. The first kappa shape index (κ1) is 16.9. The maximum atomic E-state index is 11.7. The summed E-state index contributed by atoms with van der Waals surface area (Å²) in [5, 5.41) is 14.1. The van der Waals surface area contributed by atoms with E-state index in [0.717, 1.165) is 6.42 Å². The van der Waals surface area contributed by atoms with Crippen LogP contribution < -0.4 is 10.6 Å². The van der Waals surface area contributed by atoms with Crippen LogP contribution in [0, 0.1) is 5.92 Å². The Morgan fingerprint density at radius 1 is 1.45 bits per heavy atom. The molecule has 1 aliphatic heterocycles. The first-order chi connectivity index (χ1) is 9.52. The Morgan fingerprint density at radius 2 is 2.20 bits per heavy atom. The molecule has 1 rings (SSSR count). The molecule has 0 aliphatic carbocycles. The van der Waals surface area contributed by atoms with Gasteiger partial charge in [0.2, 0.25) is 5.91 Å². The molecule has 1 saturated heterocycles.